The molecule has 17 heavy (non-hydrogen) atoms. The fourth-order valence-corrected chi connectivity index (χ4v) is 3.87. The number of nitrogen functional groups attached to an aromatic ring is 1. The van der Waals surface area contributed by atoms with E-state index in [4.69, 9.17) is 5.73 Å². The average molecular weight is 253 g/mol. The zero-order chi connectivity index (χ0) is 12.4. The van der Waals surface area contributed by atoms with Crippen molar-refractivity contribution in [3.05, 3.63) is 24.0 Å². The van der Waals surface area contributed by atoms with Gasteiger partial charge in [-0.2, -0.15) is 0 Å². The van der Waals surface area contributed by atoms with Crippen LogP contribution in [0, 0.1) is 17.7 Å². The summed E-state index contributed by atoms with van der Waals surface area (Å²) in [5.41, 5.74) is 6.18. The Morgan fingerprint density at radius 3 is 2.59 bits per heavy atom. The molecular weight excluding hydrogens is 233 g/mol. The molecule has 2 N–H and O–H groups in total. The number of thioether (sulfide) groups is 1. The van der Waals surface area contributed by atoms with Crippen molar-refractivity contribution in [2.75, 3.05) is 5.73 Å². The van der Waals surface area contributed by atoms with Gasteiger partial charge in [0.1, 0.15) is 5.82 Å². The molecule has 0 aliphatic heterocycles. The molecule has 94 valence electrons. The highest BCUT2D eigenvalue weighted by atomic mass is 32.2. The molecule has 0 heterocycles. The molecule has 3 atom stereocenters. The Labute approximate surface area is 107 Å². The Bertz CT molecular complexity index is 374. The van der Waals surface area contributed by atoms with Crippen molar-refractivity contribution >= 4 is 17.4 Å². The molecule has 0 amide bonds. The SMILES string of the molecule is CC1CCC(Sc2cc(N)cc(F)c2)CC1C. The van der Waals surface area contributed by atoms with E-state index < -0.39 is 0 Å². The van der Waals surface area contributed by atoms with Crippen LogP contribution in [0.4, 0.5) is 10.1 Å². The first-order valence-electron chi connectivity index (χ1n) is 6.27. The third-order valence-corrected chi connectivity index (χ3v) is 5.02. The summed E-state index contributed by atoms with van der Waals surface area (Å²) in [6, 6.07) is 4.83. The van der Waals surface area contributed by atoms with Gasteiger partial charge < -0.3 is 5.73 Å². The van der Waals surface area contributed by atoms with Gasteiger partial charge in [0, 0.05) is 15.8 Å². The number of rotatable bonds is 2. The summed E-state index contributed by atoms with van der Waals surface area (Å²) in [7, 11) is 0. The highest BCUT2D eigenvalue weighted by Gasteiger charge is 2.25. The maximum atomic E-state index is 13.2. The van der Waals surface area contributed by atoms with Crippen LogP contribution in [-0.4, -0.2) is 5.25 Å². The molecule has 1 aromatic rings. The van der Waals surface area contributed by atoms with Crippen molar-refractivity contribution in [1.29, 1.82) is 0 Å². The number of halogens is 1. The van der Waals surface area contributed by atoms with E-state index in [0.29, 0.717) is 10.9 Å². The molecule has 0 aromatic heterocycles. The van der Waals surface area contributed by atoms with Gasteiger partial charge in [-0.15, -0.1) is 11.8 Å². The minimum atomic E-state index is -0.232. The molecule has 1 aromatic carbocycles. The number of hydrogen-bond donors (Lipinski definition) is 1. The molecular formula is C14H20FNS. The standard InChI is InChI=1S/C14H20FNS/c1-9-3-4-13(5-10(9)2)17-14-7-11(15)6-12(16)8-14/h6-10,13H,3-5,16H2,1-2H3. The number of benzene rings is 1. The quantitative estimate of drug-likeness (QED) is 0.794. The molecule has 0 bridgehead atoms. The van der Waals surface area contributed by atoms with Crippen molar-refractivity contribution < 1.29 is 4.39 Å². The maximum absolute atomic E-state index is 13.2. The van der Waals surface area contributed by atoms with Crippen molar-refractivity contribution in [1.82, 2.24) is 0 Å². The second kappa shape index (κ2) is 5.30. The third kappa shape index (κ3) is 3.38. The molecule has 0 radical (unpaired) electrons. The molecule has 1 aliphatic carbocycles. The van der Waals surface area contributed by atoms with Crippen LogP contribution in [0.25, 0.3) is 0 Å². The molecule has 3 heteroatoms. The predicted octanol–water partition coefficient (Wildman–Crippen LogP) is 4.32. The third-order valence-electron chi connectivity index (χ3n) is 3.75. The van der Waals surface area contributed by atoms with Crippen molar-refractivity contribution in [2.45, 2.75) is 43.3 Å². The largest absolute Gasteiger partial charge is 0.399 e. The smallest absolute Gasteiger partial charge is 0.126 e. The summed E-state index contributed by atoms with van der Waals surface area (Å²) >= 11 is 1.78. The van der Waals surface area contributed by atoms with E-state index in [1.807, 2.05) is 6.07 Å². The molecule has 1 aliphatic rings. The van der Waals surface area contributed by atoms with Crippen LogP contribution < -0.4 is 5.73 Å². The summed E-state index contributed by atoms with van der Waals surface area (Å²) in [5.74, 6) is 1.36. The van der Waals surface area contributed by atoms with Crippen LogP contribution in [0.5, 0.6) is 0 Å². The number of hydrogen-bond acceptors (Lipinski definition) is 2. The number of anilines is 1. The van der Waals surface area contributed by atoms with E-state index in [9.17, 15) is 4.39 Å². The minimum Gasteiger partial charge on any atom is -0.399 e. The molecule has 0 spiro atoms. The van der Waals surface area contributed by atoms with Gasteiger partial charge in [0.05, 0.1) is 0 Å². The molecule has 0 saturated heterocycles. The predicted molar refractivity (Wildman–Crippen MR) is 72.6 cm³/mol. The lowest BCUT2D eigenvalue weighted by Gasteiger charge is -2.31. The molecule has 1 nitrogen and oxygen atoms in total. The molecule has 1 fully saturated rings. The van der Waals surface area contributed by atoms with Gasteiger partial charge in [-0.1, -0.05) is 13.8 Å². The normalized spacial score (nSPS) is 29.2. The van der Waals surface area contributed by atoms with Crippen LogP contribution in [0.2, 0.25) is 0 Å². The van der Waals surface area contributed by atoms with Crippen molar-refractivity contribution in [3.63, 3.8) is 0 Å². The first kappa shape index (κ1) is 12.7. The lowest BCUT2D eigenvalue weighted by molar-refractivity contribution is 0.283. The fraction of sp³-hybridized carbons (Fsp3) is 0.571. The summed E-state index contributed by atoms with van der Waals surface area (Å²) in [5, 5.41) is 0.613. The lowest BCUT2D eigenvalue weighted by Crippen LogP contribution is -2.22. The van der Waals surface area contributed by atoms with Gasteiger partial charge in [-0.25, -0.2) is 4.39 Å². The van der Waals surface area contributed by atoms with E-state index in [1.165, 1.54) is 25.3 Å². The van der Waals surface area contributed by atoms with Gasteiger partial charge >= 0.3 is 0 Å². The Balaban J connectivity index is 2.01. The van der Waals surface area contributed by atoms with Gasteiger partial charge in [-0.3, -0.25) is 0 Å². The second-order valence-corrected chi connectivity index (χ2v) is 6.60. The summed E-state index contributed by atoms with van der Waals surface area (Å²) in [6.07, 6.45) is 3.73. The minimum absolute atomic E-state index is 0.232. The first-order chi connectivity index (χ1) is 8.04. The van der Waals surface area contributed by atoms with E-state index in [0.717, 1.165) is 16.7 Å². The second-order valence-electron chi connectivity index (χ2n) is 5.23. The van der Waals surface area contributed by atoms with Crippen LogP contribution in [0.3, 0.4) is 0 Å². The number of nitrogens with two attached hydrogens (primary N) is 1. The van der Waals surface area contributed by atoms with E-state index >= 15 is 0 Å². The Morgan fingerprint density at radius 2 is 1.94 bits per heavy atom. The van der Waals surface area contributed by atoms with Crippen LogP contribution in [-0.2, 0) is 0 Å². The summed E-state index contributed by atoms with van der Waals surface area (Å²) in [4.78, 5) is 0.967. The topological polar surface area (TPSA) is 26.0 Å². The van der Waals surface area contributed by atoms with Gasteiger partial charge in [-0.05, 0) is 49.3 Å². The first-order valence-corrected chi connectivity index (χ1v) is 7.15. The van der Waals surface area contributed by atoms with Crippen LogP contribution in [0.15, 0.2) is 23.1 Å². The lowest BCUT2D eigenvalue weighted by atomic mass is 9.81. The van der Waals surface area contributed by atoms with E-state index in [1.54, 1.807) is 17.8 Å². The summed E-state index contributed by atoms with van der Waals surface area (Å²) in [6.45, 7) is 4.64. The van der Waals surface area contributed by atoms with Crippen LogP contribution in [0.1, 0.15) is 33.1 Å². The van der Waals surface area contributed by atoms with Crippen molar-refractivity contribution in [2.24, 2.45) is 11.8 Å². The Kier molecular flexibility index (Phi) is 3.97. The Hall–Kier alpha value is -0.700. The highest BCUT2D eigenvalue weighted by Crippen LogP contribution is 2.39. The van der Waals surface area contributed by atoms with Crippen molar-refractivity contribution in [3.8, 4) is 0 Å². The van der Waals surface area contributed by atoms with Crippen LogP contribution >= 0.6 is 11.8 Å². The zero-order valence-electron chi connectivity index (χ0n) is 10.4. The zero-order valence-corrected chi connectivity index (χ0v) is 11.3. The summed E-state index contributed by atoms with van der Waals surface area (Å²) < 4.78 is 13.2. The van der Waals surface area contributed by atoms with Gasteiger partial charge in [0.25, 0.3) is 0 Å². The molecule has 1 saturated carbocycles. The maximum Gasteiger partial charge on any atom is 0.126 e. The van der Waals surface area contributed by atoms with Gasteiger partial charge in [0.2, 0.25) is 0 Å². The van der Waals surface area contributed by atoms with E-state index in [2.05, 4.69) is 13.8 Å². The fourth-order valence-electron chi connectivity index (χ4n) is 2.45. The highest BCUT2D eigenvalue weighted by molar-refractivity contribution is 8.00. The molecule has 3 unspecified atom stereocenters. The molecule has 2 rings (SSSR count). The Morgan fingerprint density at radius 1 is 1.18 bits per heavy atom. The van der Waals surface area contributed by atoms with Gasteiger partial charge in [0.15, 0.2) is 0 Å². The average Bonchev–Trinajstić information content (AvgIpc) is 2.22. The van der Waals surface area contributed by atoms with E-state index in [-0.39, 0.29) is 5.82 Å². The monoisotopic (exact) mass is 253 g/mol.